The van der Waals surface area contributed by atoms with Gasteiger partial charge >= 0.3 is 0 Å². The molecule has 0 unspecified atom stereocenters. The first-order valence-corrected chi connectivity index (χ1v) is 9.50. The highest BCUT2D eigenvalue weighted by Crippen LogP contribution is 2.33. The molecule has 2 aromatic carbocycles. The second-order valence-electron chi connectivity index (χ2n) is 7.12. The Morgan fingerprint density at radius 3 is 2.48 bits per heavy atom. The summed E-state index contributed by atoms with van der Waals surface area (Å²) in [6, 6.07) is 12.0. The van der Waals surface area contributed by atoms with E-state index in [4.69, 9.17) is 9.26 Å². The van der Waals surface area contributed by atoms with Crippen LogP contribution in [0.2, 0.25) is 0 Å². The van der Waals surface area contributed by atoms with Crippen LogP contribution >= 0.6 is 0 Å². The van der Waals surface area contributed by atoms with Crippen LogP contribution in [0.15, 0.2) is 47.0 Å². The maximum absolute atomic E-state index is 14.5. The summed E-state index contributed by atoms with van der Waals surface area (Å²) < 4.78 is 25.4. The summed E-state index contributed by atoms with van der Waals surface area (Å²) in [6.07, 6.45) is 0. The molecule has 3 aromatic rings. The van der Waals surface area contributed by atoms with E-state index in [2.05, 4.69) is 10.5 Å². The second kappa shape index (κ2) is 8.05. The predicted octanol–water partition coefficient (Wildman–Crippen LogP) is 4.19. The molecule has 0 bridgehead atoms. The summed E-state index contributed by atoms with van der Waals surface area (Å²) in [5.74, 6) is -0.529. The van der Waals surface area contributed by atoms with Gasteiger partial charge in [-0.1, -0.05) is 23.4 Å². The number of aryl methyl sites for hydroxylation is 2. The topological polar surface area (TPSA) is 67.6 Å². The zero-order chi connectivity index (χ0) is 20.4. The van der Waals surface area contributed by atoms with Gasteiger partial charge < -0.3 is 19.5 Å². The number of benzene rings is 2. The van der Waals surface area contributed by atoms with Gasteiger partial charge in [0.25, 0.3) is 5.91 Å². The number of morpholine rings is 1. The van der Waals surface area contributed by atoms with Crippen molar-refractivity contribution in [3.63, 3.8) is 0 Å². The Morgan fingerprint density at radius 2 is 1.79 bits per heavy atom. The van der Waals surface area contributed by atoms with E-state index < -0.39 is 11.7 Å². The second-order valence-corrected chi connectivity index (χ2v) is 7.12. The third-order valence-corrected chi connectivity index (χ3v) is 4.81. The van der Waals surface area contributed by atoms with Crippen LogP contribution in [0.25, 0.3) is 11.3 Å². The molecule has 0 spiro atoms. The van der Waals surface area contributed by atoms with Gasteiger partial charge in [-0.25, -0.2) is 4.39 Å². The molecule has 0 atom stereocenters. The Kier molecular flexibility index (Phi) is 5.31. The number of rotatable bonds is 4. The van der Waals surface area contributed by atoms with Gasteiger partial charge in [0, 0.05) is 24.3 Å². The molecule has 4 rings (SSSR count). The number of hydrogen-bond acceptors (Lipinski definition) is 5. The molecule has 1 saturated heterocycles. The van der Waals surface area contributed by atoms with E-state index in [-0.39, 0.29) is 16.8 Å². The number of nitrogens with zero attached hydrogens (tertiary/aromatic N) is 2. The van der Waals surface area contributed by atoms with Gasteiger partial charge in [-0.3, -0.25) is 4.79 Å². The van der Waals surface area contributed by atoms with Crippen molar-refractivity contribution in [1.29, 1.82) is 0 Å². The number of amides is 1. The van der Waals surface area contributed by atoms with E-state index in [9.17, 15) is 9.18 Å². The van der Waals surface area contributed by atoms with Crippen molar-refractivity contribution in [2.24, 2.45) is 0 Å². The fourth-order valence-corrected chi connectivity index (χ4v) is 3.55. The molecule has 2 heterocycles. The van der Waals surface area contributed by atoms with Crippen LogP contribution in [0.1, 0.15) is 21.5 Å². The van der Waals surface area contributed by atoms with E-state index in [0.29, 0.717) is 37.9 Å². The van der Waals surface area contributed by atoms with Gasteiger partial charge in [-0.2, -0.15) is 0 Å². The van der Waals surface area contributed by atoms with Crippen LogP contribution in [0.4, 0.5) is 16.0 Å². The summed E-state index contributed by atoms with van der Waals surface area (Å²) >= 11 is 0. The van der Waals surface area contributed by atoms with E-state index in [1.807, 2.05) is 36.9 Å². The van der Waals surface area contributed by atoms with E-state index in [1.165, 1.54) is 6.07 Å². The number of halogens is 1. The molecular formula is C22H22FN3O3. The van der Waals surface area contributed by atoms with E-state index in [0.717, 1.165) is 11.1 Å². The first-order chi connectivity index (χ1) is 14.0. The zero-order valence-corrected chi connectivity index (χ0v) is 16.4. The Bertz CT molecular complexity index is 1020. The normalized spacial score (nSPS) is 14.1. The van der Waals surface area contributed by atoms with Gasteiger partial charge in [0.15, 0.2) is 0 Å². The fourth-order valence-electron chi connectivity index (χ4n) is 3.55. The van der Waals surface area contributed by atoms with Crippen LogP contribution in [-0.2, 0) is 4.74 Å². The van der Waals surface area contributed by atoms with Gasteiger partial charge in [0.1, 0.15) is 17.1 Å². The van der Waals surface area contributed by atoms with Gasteiger partial charge in [-0.05, 0) is 49.2 Å². The van der Waals surface area contributed by atoms with Crippen LogP contribution < -0.4 is 10.2 Å². The largest absolute Gasteiger partial charge is 0.378 e. The molecule has 1 amide bonds. The van der Waals surface area contributed by atoms with E-state index >= 15 is 0 Å². The van der Waals surface area contributed by atoms with Gasteiger partial charge in [0.05, 0.1) is 13.2 Å². The summed E-state index contributed by atoms with van der Waals surface area (Å²) in [5.41, 5.74) is 3.37. The summed E-state index contributed by atoms with van der Waals surface area (Å²) in [6.45, 7) is 6.10. The van der Waals surface area contributed by atoms with Crippen LogP contribution in [0, 0.1) is 19.7 Å². The van der Waals surface area contributed by atoms with Crippen molar-refractivity contribution in [2.75, 3.05) is 36.5 Å². The average Bonchev–Trinajstić information content (AvgIpc) is 3.13. The smallest absolute Gasteiger partial charge is 0.263 e. The van der Waals surface area contributed by atoms with E-state index in [1.54, 1.807) is 18.2 Å². The van der Waals surface area contributed by atoms with Crippen LogP contribution in [0.3, 0.4) is 0 Å². The lowest BCUT2D eigenvalue weighted by Crippen LogP contribution is -2.37. The summed E-state index contributed by atoms with van der Waals surface area (Å²) in [5, 5.41) is 6.98. The molecular weight excluding hydrogens is 373 g/mol. The quantitative estimate of drug-likeness (QED) is 0.718. The molecule has 1 aromatic heterocycles. The highest BCUT2D eigenvalue weighted by atomic mass is 19.1. The molecule has 150 valence electrons. The zero-order valence-electron chi connectivity index (χ0n) is 16.4. The van der Waals surface area contributed by atoms with Crippen molar-refractivity contribution in [2.45, 2.75) is 13.8 Å². The highest BCUT2D eigenvalue weighted by molar-refractivity contribution is 6.11. The van der Waals surface area contributed by atoms with Crippen LogP contribution in [0.5, 0.6) is 0 Å². The number of aromatic nitrogens is 1. The number of ether oxygens (including phenoxy) is 1. The Morgan fingerprint density at radius 1 is 1.10 bits per heavy atom. The minimum Gasteiger partial charge on any atom is -0.378 e. The Labute approximate surface area is 168 Å². The molecule has 1 aliphatic heterocycles. The monoisotopic (exact) mass is 395 g/mol. The summed E-state index contributed by atoms with van der Waals surface area (Å²) in [7, 11) is 0. The molecule has 1 aliphatic rings. The minimum atomic E-state index is -0.463. The Hall–Kier alpha value is -3.19. The van der Waals surface area contributed by atoms with Crippen molar-refractivity contribution in [3.05, 3.63) is 65.0 Å². The predicted molar refractivity (Wildman–Crippen MR) is 109 cm³/mol. The number of nitrogens with one attached hydrogen (secondary N) is 1. The molecule has 0 saturated carbocycles. The molecule has 1 N–H and O–H groups in total. The summed E-state index contributed by atoms with van der Waals surface area (Å²) in [4.78, 5) is 15.2. The SMILES string of the molecule is Cc1cc(C)cc(NC(=O)c2c(-c3ccccc3F)noc2N2CCOCC2)c1. The highest BCUT2D eigenvalue weighted by Gasteiger charge is 2.30. The number of carbonyl (C=O) groups is 1. The number of carbonyl (C=O) groups excluding carboxylic acids is 1. The first-order valence-electron chi connectivity index (χ1n) is 9.50. The molecule has 0 aliphatic carbocycles. The fraction of sp³-hybridized carbons (Fsp3) is 0.273. The van der Waals surface area contributed by atoms with Crippen LogP contribution in [-0.4, -0.2) is 37.4 Å². The molecule has 1 fully saturated rings. The standard InChI is InChI=1S/C22H22FN3O3/c1-14-11-15(2)13-16(12-14)24-21(27)19-20(17-5-3-4-6-18(17)23)25-29-22(19)26-7-9-28-10-8-26/h3-6,11-13H,7-10H2,1-2H3,(H,24,27). The molecule has 7 heteroatoms. The Balaban J connectivity index is 1.77. The van der Waals surface area contributed by atoms with Gasteiger partial charge in [-0.15, -0.1) is 0 Å². The lowest BCUT2D eigenvalue weighted by atomic mass is 10.1. The minimum absolute atomic E-state index is 0.187. The van der Waals surface area contributed by atoms with Gasteiger partial charge in [0.2, 0.25) is 5.88 Å². The third kappa shape index (κ3) is 4.00. The van der Waals surface area contributed by atoms with Crippen molar-refractivity contribution >= 4 is 17.5 Å². The maximum Gasteiger partial charge on any atom is 0.263 e. The average molecular weight is 395 g/mol. The number of anilines is 2. The van der Waals surface area contributed by atoms with Crippen molar-refractivity contribution in [1.82, 2.24) is 5.16 Å². The number of hydrogen-bond donors (Lipinski definition) is 1. The third-order valence-electron chi connectivity index (χ3n) is 4.81. The molecule has 0 radical (unpaired) electrons. The van der Waals surface area contributed by atoms with Crippen molar-refractivity contribution < 1.29 is 18.4 Å². The maximum atomic E-state index is 14.5. The van der Waals surface area contributed by atoms with Crippen molar-refractivity contribution in [3.8, 4) is 11.3 Å². The lowest BCUT2D eigenvalue weighted by molar-refractivity contribution is 0.102. The molecule has 6 nitrogen and oxygen atoms in total. The lowest BCUT2D eigenvalue weighted by Gasteiger charge is -2.26. The first kappa shape index (κ1) is 19.1. The molecule has 29 heavy (non-hydrogen) atoms.